The second-order valence-electron chi connectivity index (χ2n) is 7.61. The molecule has 0 aliphatic carbocycles. The molecule has 1 aliphatic heterocycles. The van der Waals surface area contributed by atoms with Gasteiger partial charge in [-0.1, -0.05) is 6.07 Å². The standard InChI is InChI=1S/C22H26N6O2/c1-14-11-23-22(26-18-8-10-30-13-18)27-20(14)28-9-7-17(12-28)21(29)25-16(3)19-6-4-5-15(2)24-19/h4-7,9,11-12,16,18H,8,10,13H2,1-3H3,(H,25,29)(H,23,26,27)/t16-,18+/m1/s1. The minimum atomic E-state index is -0.189. The average molecular weight is 406 g/mol. The van der Waals surface area contributed by atoms with Crippen molar-refractivity contribution in [2.75, 3.05) is 18.5 Å². The Kier molecular flexibility index (Phi) is 5.76. The molecule has 0 spiro atoms. The highest BCUT2D eigenvalue weighted by Crippen LogP contribution is 2.17. The van der Waals surface area contributed by atoms with Crippen molar-refractivity contribution in [1.82, 2.24) is 24.8 Å². The maximum atomic E-state index is 12.7. The number of hydrogen-bond acceptors (Lipinski definition) is 6. The van der Waals surface area contributed by atoms with Gasteiger partial charge in [-0.2, -0.15) is 4.98 Å². The van der Waals surface area contributed by atoms with E-state index in [1.165, 1.54) is 0 Å². The van der Waals surface area contributed by atoms with Crippen LogP contribution >= 0.6 is 0 Å². The molecule has 4 rings (SSSR count). The number of rotatable bonds is 6. The fourth-order valence-electron chi connectivity index (χ4n) is 3.42. The quantitative estimate of drug-likeness (QED) is 0.654. The van der Waals surface area contributed by atoms with Crippen molar-refractivity contribution in [3.05, 3.63) is 65.4 Å². The summed E-state index contributed by atoms with van der Waals surface area (Å²) >= 11 is 0. The summed E-state index contributed by atoms with van der Waals surface area (Å²) in [5, 5.41) is 6.31. The number of aryl methyl sites for hydroxylation is 2. The smallest absolute Gasteiger partial charge is 0.253 e. The number of ether oxygens (including phenoxy) is 1. The van der Waals surface area contributed by atoms with Crippen LogP contribution in [0.1, 0.15) is 46.7 Å². The number of carbonyl (C=O) groups excluding carboxylic acids is 1. The van der Waals surface area contributed by atoms with Crippen LogP contribution in [0.3, 0.4) is 0 Å². The Balaban J connectivity index is 1.48. The van der Waals surface area contributed by atoms with Gasteiger partial charge in [0.05, 0.1) is 29.9 Å². The summed E-state index contributed by atoms with van der Waals surface area (Å²) in [6.45, 7) is 7.22. The third kappa shape index (κ3) is 4.49. The summed E-state index contributed by atoms with van der Waals surface area (Å²) in [6, 6.07) is 7.61. The fraction of sp³-hybridized carbons (Fsp3) is 0.364. The number of nitrogens with one attached hydrogen (secondary N) is 2. The van der Waals surface area contributed by atoms with Crippen LogP contribution < -0.4 is 10.6 Å². The topological polar surface area (TPSA) is 94.0 Å². The molecule has 4 heterocycles. The predicted molar refractivity (Wildman–Crippen MR) is 114 cm³/mol. The first kappa shape index (κ1) is 20.0. The van der Waals surface area contributed by atoms with E-state index in [-0.39, 0.29) is 18.0 Å². The first-order chi connectivity index (χ1) is 14.5. The first-order valence-corrected chi connectivity index (χ1v) is 10.1. The van der Waals surface area contributed by atoms with Gasteiger partial charge in [0.1, 0.15) is 5.82 Å². The zero-order valence-corrected chi connectivity index (χ0v) is 17.4. The van der Waals surface area contributed by atoms with Crippen LogP contribution in [0.25, 0.3) is 5.82 Å². The van der Waals surface area contributed by atoms with Gasteiger partial charge in [0.15, 0.2) is 0 Å². The molecule has 1 amide bonds. The van der Waals surface area contributed by atoms with Crippen molar-refractivity contribution in [1.29, 1.82) is 0 Å². The SMILES string of the molecule is Cc1cccc([C@@H](C)NC(=O)c2ccn(-c3nc(N[C@H]4CCOC4)ncc3C)c2)n1. The number of carbonyl (C=O) groups is 1. The van der Waals surface area contributed by atoms with Crippen LogP contribution in [0.4, 0.5) is 5.95 Å². The highest BCUT2D eigenvalue weighted by molar-refractivity contribution is 5.94. The molecule has 156 valence electrons. The molecule has 0 radical (unpaired) electrons. The van der Waals surface area contributed by atoms with Crippen molar-refractivity contribution in [2.24, 2.45) is 0 Å². The van der Waals surface area contributed by atoms with E-state index >= 15 is 0 Å². The molecule has 8 heteroatoms. The Morgan fingerprint density at radius 1 is 1.27 bits per heavy atom. The van der Waals surface area contributed by atoms with E-state index in [9.17, 15) is 4.79 Å². The maximum Gasteiger partial charge on any atom is 0.253 e. The summed E-state index contributed by atoms with van der Waals surface area (Å²) in [7, 11) is 0. The van der Waals surface area contributed by atoms with E-state index in [4.69, 9.17) is 4.74 Å². The molecule has 2 atom stereocenters. The highest BCUT2D eigenvalue weighted by atomic mass is 16.5. The molecular weight excluding hydrogens is 380 g/mol. The number of amides is 1. The summed E-state index contributed by atoms with van der Waals surface area (Å²) in [4.78, 5) is 26.2. The summed E-state index contributed by atoms with van der Waals surface area (Å²) in [5.74, 6) is 1.14. The monoisotopic (exact) mass is 406 g/mol. The zero-order valence-electron chi connectivity index (χ0n) is 17.4. The lowest BCUT2D eigenvalue weighted by atomic mass is 10.2. The molecule has 3 aromatic rings. The van der Waals surface area contributed by atoms with Crippen molar-refractivity contribution in [3.63, 3.8) is 0 Å². The molecule has 1 fully saturated rings. The minimum Gasteiger partial charge on any atom is -0.379 e. The minimum absolute atomic E-state index is 0.155. The molecule has 2 N–H and O–H groups in total. The zero-order chi connectivity index (χ0) is 21.1. The summed E-state index contributed by atoms with van der Waals surface area (Å²) < 4.78 is 7.24. The lowest BCUT2D eigenvalue weighted by Crippen LogP contribution is -2.27. The first-order valence-electron chi connectivity index (χ1n) is 10.1. The van der Waals surface area contributed by atoms with Crippen LogP contribution in [0, 0.1) is 13.8 Å². The molecule has 3 aromatic heterocycles. The van der Waals surface area contributed by atoms with Crippen LogP contribution in [0.15, 0.2) is 42.9 Å². The van der Waals surface area contributed by atoms with Crippen LogP contribution in [-0.2, 0) is 4.74 Å². The Morgan fingerprint density at radius 2 is 2.13 bits per heavy atom. The Hall–Kier alpha value is -3.26. The van der Waals surface area contributed by atoms with E-state index < -0.39 is 0 Å². The Labute approximate surface area is 175 Å². The fourth-order valence-corrected chi connectivity index (χ4v) is 3.42. The van der Waals surface area contributed by atoms with E-state index in [1.807, 2.05) is 49.7 Å². The van der Waals surface area contributed by atoms with Gasteiger partial charge in [-0.3, -0.25) is 9.78 Å². The maximum absolute atomic E-state index is 12.7. The number of hydrogen-bond donors (Lipinski definition) is 2. The number of anilines is 1. The van der Waals surface area contributed by atoms with E-state index in [0.717, 1.165) is 35.8 Å². The molecule has 30 heavy (non-hydrogen) atoms. The molecule has 1 aliphatic rings. The number of aromatic nitrogens is 4. The van der Waals surface area contributed by atoms with Gasteiger partial charge in [-0.15, -0.1) is 0 Å². The molecule has 0 bridgehead atoms. The third-order valence-corrected chi connectivity index (χ3v) is 5.11. The van der Waals surface area contributed by atoms with Crippen LogP contribution in [-0.4, -0.2) is 44.7 Å². The van der Waals surface area contributed by atoms with E-state index in [0.29, 0.717) is 18.1 Å². The van der Waals surface area contributed by atoms with Crippen molar-refractivity contribution < 1.29 is 9.53 Å². The second-order valence-corrected chi connectivity index (χ2v) is 7.61. The average Bonchev–Trinajstić information content (AvgIpc) is 3.41. The van der Waals surface area contributed by atoms with Gasteiger partial charge in [-0.05, 0) is 45.4 Å². The lowest BCUT2D eigenvalue weighted by molar-refractivity contribution is 0.0939. The predicted octanol–water partition coefficient (Wildman–Crippen LogP) is 2.97. The van der Waals surface area contributed by atoms with Gasteiger partial charge in [0, 0.05) is 36.5 Å². The molecule has 8 nitrogen and oxygen atoms in total. The summed E-state index contributed by atoms with van der Waals surface area (Å²) in [6.07, 6.45) is 6.34. The van der Waals surface area contributed by atoms with Gasteiger partial charge in [-0.25, -0.2) is 4.98 Å². The van der Waals surface area contributed by atoms with Gasteiger partial charge in [0.2, 0.25) is 5.95 Å². The van der Waals surface area contributed by atoms with Gasteiger partial charge >= 0.3 is 0 Å². The van der Waals surface area contributed by atoms with Crippen LogP contribution in [0.2, 0.25) is 0 Å². The highest BCUT2D eigenvalue weighted by Gasteiger charge is 2.18. The Morgan fingerprint density at radius 3 is 2.90 bits per heavy atom. The summed E-state index contributed by atoms with van der Waals surface area (Å²) in [5.41, 5.74) is 3.24. The molecule has 0 unspecified atom stereocenters. The lowest BCUT2D eigenvalue weighted by Gasteiger charge is -2.14. The number of nitrogens with zero attached hydrogens (tertiary/aromatic N) is 4. The van der Waals surface area contributed by atoms with E-state index in [2.05, 4.69) is 25.6 Å². The van der Waals surface area contributed by atoms with E-state index in [1.54, 1.807) is 18.5 Å². The van der Waals surface area contributed by atoms with Gasteiger partial charge < -0.3 is 19.9 Å². The van der Waals surface area contributed by atoms with Crippen molar-refractivity contribution in [3.8, 4) is 5.82 Å². The molecular formula is C22H26N6O2. The number of pyridine rings is 1. The molecule has 0 aromatic carbocycles. The molecule has 1 saturated heterocycles. The Bertz CT molecular complexity index is 1040. The van der Waals surface area contributed by atoms with Crippen molar-refractivity contribution >= 4 is 11.9 Å². The largest absolute Gasteiger partial charge is 0.379 e. The third-order valence-electron chi connectivity index (χ3n) is 5.11. The van der Waals surface area contributed by atoms with Crippen LogP contribution in [0.5, 0.6) is 0 Å². The second kappa shape index (κ2) is 8.62. The van der Waals surface area contributed by atoms with Gasteiger partial charge in [0.25, 0.3) is 5.91 Å². The normalized spacial score (nSPS) is 17.0. The molecule has 0 saturated carbocycles. The van der Waals surface area contributed by atoms with Crippen molar-refractivity contribution in [2.45, 2.75) is 39.3 Å².